The zero-order valence-electron chi connectivity index (χ0n) is 10.6. The molecule has 1 heterocycles. The number of para-hydroxylation sites is 2. The second kappa shape index (κ2) is 4.97. The van der Waals surface area contributed by atoms with Crippen LogP contribution in [0.15, 0.2) is 40.8 Å². The standard InChI is InChI=1S/C15H9F2NO3/c16-10-7-9(11(17)5-8(10)6-14(19)20)15-18-12-3-1-2-4-13(12)21-15/h1-5,7H,6H2,(H,19,20). The Kier molecular flexibility index (Phi) is 3.13. The Labute approximate surface area is 117 Å². The monoisotopic (exact) mass is 289 g/mol. The van der Waals surface area contributed by atoms with Crippen molar-refractivity contribution in [1.82, 2.24) is 4.98 Å². The molecule has 0 aliphatic rings. The molecule has 0 saturated carbocycles. The van der Waals surface area contributed by atoms with Crippen LogP contribution in [0.2, 0.25) is 0 Å². The van der Waals surface area contributed by atoms with Gasteiger partial charge in [-0.2, -0.15) is 0 Å². The van der Waals surface area contributed by atoms with Crippen LogP contribution in [0.25, 0.3) is 22.6 Å². The van der Waals surface area contributed by atoms with Crippen LogP contribution in [0.5, 0.6) is 0 Å². The minimum Gasteiger partial charge on any atom is -0.481 e. The molecule has 3 rings (SSSR count). The lowest BCUT2D eigenvalue weighted by molar-refractivity contribution is -0.136. The van der Waals surface area contributed by atoms with Crippen LogP contribution >= 0.6 is 0 Å². The number of rotatable bonds is 3. The number of benzene rings is 2. The fraction of sp³-hybridized carbons (Fsp3) is 0.0667. The first-order valence-electron chi connectivity index (χ1n) is 6.10. The average molecular weight is 289 g/mol. The molecule has 0 aliphatic carbocycles. The Bertz CT molecular complexity index is 809. The lowest BCUT2D eigenvalue weighted by Gasteiger charge is -2.03. The van der Waals surface area contributed by atoms with Gasteiger partial charge in [0.25, 0.3) is 0 Å². The lowest BCUT2D eigenvalue weighted by Crippen LogP contribution is -2.04. The van der Waals surface area contributed by atoms with E-state index < -0.39 is 24.0 Å². The Balaban J connectivity index is 2.09. The molecule has 0 fully saturated rings. The van der Waals surface area contributed by atoms with Crippen molar-refractivity contribution in [3.63, 3.8) is 0 Å². The van der Waals surface area contributed by atoms with E-state index >= 15 is 0 Å². The number of carboxylic acid groups (broad SMARTS) is 1. The molecule has 0 spiro atoms. The van der Waals surface area contributed by atoms with Gasteiger partial charge in [0, 0.05) is 5.56 Å². The number of aliphatic carboxylic acids is 1. The number of fused-ring (bicyclic) bond motifs is 1. The molecule has 0 atom stereocenters. The molecule has 4 nitrogen and oxygen atoms in total. The molecule has 0 radical (unpaired) electrons. The van der Waals surface area contributed by atoms with E-state index in [1.807, 2.05) is 0 Å². The van der Waals surface area contributed by atoms with Crippen LogP contribution in [0.1, 0.15) is 5.56 Å². The van der Waals surface area contributed by atoms with Gasteiger partial charge in [-0.25, -0.2) is 13.8 Å². The molecule has 3 aromatic rings. The van der Waals surface area contributed by atoms with Gasteiger partial charge in [-0.05, 0) is 24.3 Å². The fourth-order valence-electron chi connectivity index (χ4n) is 2.04. The number of hydrogen-bond acceptors (Lipinski definition) is 3. The van der Waals surface area contributed by atoms with E-state index in [-0.39, 0.29) is 17.0 Å². The second-order valence-electron chi connectivity index (χ2n) is 4.48. The third-order valence-electron chi connectivity index (χ3n) is 3.00. The van der Waals surface area contributed by atoms with Gasteiger partial charge in [0.2, 0.25) is 5.89 Å². The third kappa shape index (κ3) is 2.47. The van der Waals surface area contributed by atoms with Crippen molar-refractivity contribution in [3.8, 4) is 11.5 Å². The summed E-state index contributed by atoms with van der Waals surface area (Å²) in [5.74, 6) is -2.87. The Morgan fingerprint density at radius 3 is 2.67 bits per heavy atom. The number of nitrogens with zero attached hydrogens (tertiary/aromatic N) is 1. The second-order valence-corrected chi connectivity index (χ2v) is 4.48. The summed E-state index contributed by atoms with van der Waals surface area (Å²) in [5.41, 5.74) is 0.626. The van der Waals surface area contributed by atoms with Crippen LogP contribution < -0.4 is 0 Å². The van der Waals surface area contributed by atoms with E-state index in [0.717, 1.165) is 12.1 Å². The van der Waals surface area contributed by atoms with Crippen molar-refractivity contribution in [2.75, 3.05) is 0 Å². The lowest BCUT2D eigenvalue weighted by atomic mass is 10.1. The van der Waals surface area contributed by atoms with Gasteiger partial charge in [-0.15, -0.1) is 0 Å². The minimum absolute atomic E-state index is 0.0468. The zero-order chi connectivity index (χ0) is 15.0. The van der Waals surface area contributed by atoms with Gasteiger partial charge in [0.15, 0.2) is 5.58 Å². The highest BCUT2D eigenvalue weighted by Gasteiger charge is 2.17. The number of oxazole rings is 1. The van der Waals surface area contributed by atoms with Gasteiger partial charge in [-0.1, -0.05) is 12.1 Å². The van der Waals surface area contributed by atoms with Crippen molar-refractivity contribution < 1.29 is 23.1 Å². The van der Waals surface area contributed by atoms with Crippen LogP contribution in [0.4, 0.5) is 8.78 Å². The molecular formula is C15H9F2NO3. The van der Waals surface area contributed by atoms with Crippen molar-refractivity contribution in [3.05, 3.63) is 53.6 Å². The Morgan fingerprint density at radius 2 is 1.95 bits per heavy atom. The predicted octanol–water partition coefficient (Wildman–Crippen LogP) is 3.40. The molecule has 6 heteroatoms. The molecule has 0 saturated heterocycles. The number of carboxylic acids is 1. The summed E-state index contributed by atoms with van der Waals surface area (Å²) >= 11 is 0. The highest BCUT2D eigenvalue weighted by Crippen LogP contribution is 2.28. The quantitative estimate of drug-likeness (QED) is 0.802. The maximum Gasteiger partial charge on any atom is 0.307 e. The van der Waals surface area contributed by atoms with Crippen LogP contribution in [0.3, 0.4) is 0 Å². The number of halogens is 2. The van der Waals surface area contributed by atoms with Crippen LogP contribution in [-0.4, -0.2) is 16.1 Å². The number of hydrogen-bond donors (Lipinski definition) is 1. The first-order valence-corrected chi connectivity index (χ1v) is 6.10. The fourth-order valence-corrected chi connectivity index (χ4v) is 2.04. The minimum atomic E-state index is -1.23. The molecule has 21 heavy (non-hydrogen) atoms. The summed E-state index contributed by atoms with van der Waals surface area (Å²) in [6, 6.07) is 8.60. The predicted molar refractivity (Wildman–Crippen MR) is 70.7 cm³/mol. The van der Waals surface area contributed by atoms with Crippen LogP contribution in [-0.2, 0) is 11.2 Å². The molecule has 106 valence electrons. The molecular weight excluding hydrogens is 280 g/mol. The summed E-state index contributed by atoms with van der Waals surface area (Å²) in [5, 5.41) is 8.64. The SMILES string of the molecule is O=C(O)Cc1cc(F)c(-c2nc3ccccc3o2)cc1F. The molecule has 0 bridgehead atoms. The van der Waals surface area contributed by atoms with Crippen molar-refractivity contribution in [2.45, 2.75) is 6.42 Å². The molecule has 1 aromatic heterocycles. The summed E-state index contributed by atoms with van der Waals surface area (Å²) in [6.45, 7) is 0. The Morgan fingerprint density at radius 1 is 1.19 bits per heavy atom. The maximum absolute atomic E-state index is 14.0. The van der Waals surface area contributed by atoms with E-state index in [4.69, 9.17) is 9.52 Å². The van der Waals surface area contributed by atoms with Crippen LogP contribution in [0, 0.1) is 11.6 Å². The molecule has 0 unspecified atom stereocenters. The van der Waals surface area contributed by atoms with E-state index in [0.29, 0.717) is 11.1 Å². The zero-order valence-corrected chi connectivity index (χ0v) is 10.6. The highest BCUT2D eigenvalue weighted by atomic mass is 19.1. The van der Waals surface area contributed by atoms with E-state index in [9.17, 15) is 13.6 Å². The Hall–Kier alpha value is -2.76. The van der Waals surface area contributed by atoms with Crippen molar-refractivity contribution in [2.24, 2.45) is 0 Å². The first kappa shape index (κ1) is 13.2. The normalized spacial score (nSPS) is 11.0. The smallest absolute Gasteiger partial charge is 0.307 e. The first-order chi connectivity index (χ1) is 10.0. The summed E-state index contributed by atoms with van der Waals surface area (Å²) in [4.78, 5) is 14.7. The third-order valence-corrected chi connectivity index (χ3v) is 3.00. The van der Waals surface area contributed by atoms with Gasteiger partial charge >= 0.3 is 5.97 Å². The van der Waals surface area contributed by atoms with E-state index in [1.54, 1.807) is 24.3 Å². The van der Waals surface area contributed by atoms with Crippen molar-refractivity contribution in [1.29, 1.82) is 0 Å². The molecule has 2 aromatic carbocycles. The summed E-state index contributed by atoms with van der Waals surface area (Å²) in [7, 11) is 0. The number of carbonyl (C=O) groups is 1. The average Bonchev–Trinajstić information content (AvgIpc) is 2.85. The molecule has 0 aliphatic heterocycles. The van der Waals surface area contributed by atoms with Gasteiger partial charge < -0.3 is 9.52 Å². The highest BCUT2D eigenvalue weighted by molar-refractivity contribution is 5.76. The molecule has 0 amide bonds. The van der Waals surface area contributed by atoms with Gasteiger partial charge in [-0.3, -0.25) is 4.79 Å². The summed E-state index contributed by atoms with van der Waals surface area (Å²) in [6.07, 6.45) is -0.587. The van der Waals surface area contributed by atoms with Gasteiger partial charge in [0.05, 0.1) is 12.0 Å². The van der Waals surface area contributed by atoms with Gasteiger partial charge in [0.1, 0.15) is 17.2 Å². The molecule has 1 N–H and O–H groups in total. The topological polar surface area (TPSA) is 63.3 Å². The van der Waals surface area contributed by atoms with Crippen molar-refractivity contribution >= 4 is 17.1 Å². The van der Waals surface area contributed by atoms with E-state index in [1.165, 1.54) is 0 Å². The maximum atomic E-state index is 14.0. The summed E-state index contributed by atoms with van der Waals surface area (Å²) < 4.78 is 33.2. The largest absolute Gasteiger partial charge is 0.481 e. The number of aromatic nitrogens is 1. The van der Waals surface area contributed by atoms with E-state index in [2.05, 4.69) is 4.98 Å².